The number of hydrogen-bond donors (Lipinski definition) is 2. The van der Waals surface area contributed by atoms with Crippen LogP contribution in [0.15, 0.2) is 48.5 Å². The number of benzene rings is 2. The Morgan fingerprint density at radius 3 is 2.50 bits per heavy atom. The second-order valence-corrected chi connectivity index (χ2v) is 9.88. The number of hydrogen-bond acceptors (Lipinski definition) is 4. The van der Waals surface area contributed by atoms with Crippen LogP contribution in [0.4, 0.5) is 0 Å². The van der Waals surface area contributed by atoms with E-state index < -0.39 is 10.1 Å². The lowest BCUT2D eigenvalue weighted by molar-refractivity contribution is 0.174. The Morgan fingerprint density at radius 1 is 1.17 bits per heavy atom. The van der Waals surface area contributed by atoms with Gasteiger partial charge in [-0.3, -0.25) is 4.55 Å². The maximum Gasteiger partial charge on any atom is 0.261 e. The number of aryl methyl sites for hydroxylation is 1. The molecule has 1 fully saturated rings. The van der Waals surface area contributed by atoms with Crippen molar-refractivity contribution in [3.05, 3.63) is 65.2 Å². The third kappa shape index (κ3) is 6.06. The van der Waals surface area contributed by atoms with E-state index in [2.05, 4.69) is 60.8 Å². The molecule has 0 radical (unpaired) electrons. The molecule has 5 nitrogen and oxygen atoms in total. The highest BCUT2D eigenvalue weighted by Gasteiger charge is 2.40. The first-order valence-electron chi connectivity index (χ1n) is 10.7. The van der Waals surface area contributed by atoms with Crippen molar-refractivity contribution < 1.29 is 17.7 Å². The van der Waals surface area contributed by atoms with Crippen LogP contribution < -0.4 is 10.1 Å². The van der Waals surface area contributed by atoms with E-state index in [0.717, 1.165) is 18.1 Å². The molecule has 1 saturated heterocycles. The standard InChI is InChI=1S/C23H29NO.CH4O3S/c1-3-18-15-22-20-12-10-19(25-2)14-17(20)9-11-21(22)23(24-18)13-16-7-5-4-6-8-16;1-5(2,3)4/h4-8,10,12,14,18,21-24H,3,9,11,13,15H2,1-2H3;1H3,(H,2,3,4). The molecule has 6 heteroatoms. The fourth-order valence-corrected chi connectivity index (χ4v) is 4.99. The van der Waals surface area contributed by atoms with Gasteiger partial charge in [-0.05, 0) is 72.8 Å². The van der Waals surface area contributed by atoms with Gasteiger partial charge in [0.1, 0.15) is 5.75 Å². The molecule has 4 atom stereocenters. The monoisotopic (exact) mass is 431 g/mol. The highest BCUT2D eigenvalue weighted by atomic mass is 32.2. The summed E-state index contributed by atoms with van der Waals surface area (Å²) in [4.78, 5) is 0. The van der Waals surface area contributed by atoms with Crippen LogP contribution in [0.5, 0.6) is 5.75 Å². The molecule has 2 aromatic carbocycles. The topological polar surface area (TPSA) is 75.6 Å². The van der Waals surface area contributed by atoms with Gasteiger partial charge in [0.15, 0.2) is 0 Å². The molecule has 164 valence electrons. The second kappa shape index (κ2) is 9.94. The average Bonchev–Trinajstić information content (AvgIpc) is 2.72. The molecule has 4 unspecified atom stereocenters. The van der Waals surface area contributed by atoms with E-state index in [-0.39, 0.29) is 0 Å². The second-order valence-electron chi connectivity index (χ2n) is 8.41. The minimum absolute atomic E-state index is 0.585. The van der Waals surface area contributed by atoms with Crippen molar-refractivity contribution in [1.29, 1.82) is 0 Å². The Kier molecular flexibility index (Phi) is 7.55. The molecule has 0 bridgehead atoms. The summed E-state index contributed by atoms with van der Waals surface area (Å²) < 4.78 is 31.3. The molecule has 2 aliphatic rings. The lowest BCUT2D eigenvalue weighted by Crippen LogP contribution is -2.52. The minimum atomic E-state index is -3.67. The molecule has 1 aliphatic carbocycles. The molecular formula is C24H33NO4S. The van der Waals surface area contributed by atoms with E-state index in [4.69, 9.17) is 9.29 Å². The minimum Gasteiger partial charge on any atom is -0.497 e. The van der Waals surface area contributed by atoms with Crippen LogP contribution in [0.25, 0.3) is 0 Å². The number of methoxy groups -OCH3 is 1. The van der Waals surface area contributed by atoms with Crippen LogP contribution >= 0.6 is 0 Å². The predicted molar refractivity (Wildman–Crippen MR) is 121 cm³/mol. The largest absolute Gasteiger partial charge is 0.497 e. The molecule has 2 N–H and O–H groups in total. The smallest absolute Gasteiger partial charge is 0.261 e. The van der Waals surface area contributed by atoms with E-state index in [1.807, 2.05) is 0 Å². The third-order valence-electron chi connectivity index (χ3n) is 6.31. The highest BCUT2D eigenvalue weighted by molar-refractivity contribution is 7.85. The Balaban J connectivity index is 0.000000461. The van der Waals surface area contributed by atoms with E-state index >= 15 is 0 Å². The van der Waals surface area contributed by atoms with Crippen LogP contribution in [0.1, 0.15) is 48.8 Å². The molecule has 0 saturated carbocycles. The zero-order valence-electron chi connectivity index (χ0n) is 18.0. The molecule has 4 rings (SSSR count). The van der Waals surface area contributed by atoms with Gasteiger partial charge < -0.3 is 10.1 Å². The van der Waals surface area contributed by atoms with Crippen molar-refractivity contribution in [3.8, 4) is 5.75 Å². The van der Waals surface area contributed by atoms with Crippen LogP contribution in [-0.4, -0.2) is 38.4 Å². The van der Waals surface area contributed by atoms with Gasteiger partial charge in [0.2, 0.25) is 0 Å². The Morgan fingerprint density at radius 2 is 1.87 bits per heavy atom. The van der Waals surface area contributed by atoms with Crippen LogP contribution in [-0.2, 0) is 23.0 Å². The first kappa shape index (κ1) is 22.8. The fourth-order valence-electron chi connectivity index (χ4n) is 4.99. The van der Waals surface area contributed by atoms with Crippen molar-refractivity contribution in [2.75, 3.05) is 13.4 Å². The Bertz CT molecular complexity index is 921. The average molecular weight is 432 g/mol. The fraction of sp³-hybridized carbons (Fsp3) is 0.500. The normalized spacial score (nSPS) is 25.3. The van der Waals surface area contributed by atoms with Gasteiger partial charge in [0.05, 0.1) is 13.4 Å². The summed E-state index contributed by atoms with van der Waals surface area (Å²) in [7, 11) is -1.90. The van der Waals surface area contributed by atoms with Gasteiger partial charge in [0.25, 0.3) is 10.1 Å². The van der Waals surface area contributed by atoms with Crippen LogP contribution in [0.3, 0.4) is 0 Å². The van der Waals surface area contributed by atoms with E-state index in [9.17, 15) is 8.42 Å². The molecule has 1 heterocycles. The summed E-state index contributed by atoms with van der Waals surface area (Å²) in [6.45, 7) is 2.31. The number of fused-ring (bicyclic) bond motifs is 3. The Hall–Kier alpha value is -1.89. The number of nitrogens with one attached hydrogen (secondary N) is 1. The number of rotatable bonds is 4. The van der Waals surface area contributed by atoms with Crippen molar-refractivity contribution in [2.24, 2.45) is 5.92 Å². The summed E-state index contributed by atoms with van der Waals surface area (Å²) in [5.74, 6) is 2.43. The molecule has 2 aromatic rings. The third-order valence-corrected chi connectivity index (χ3v) is 6.31. The maximum atomic E-state index is 9.19. The van der Waals surface area contributed by atoms with Crippen molar-refractivity contribution in [3.63, 3.8) is 0 Å². The molecule has 0 amide bonds. The van der Waals surface area contributed by atoms with Crippen molar-refractivity contribution >= 4 is 10.1 Å². The zero-order valence-corrected chi connectivity index (χ0v) is 18.9. The van der Waals surface area contributed by atoms with Gasteiger partial charge in [-0.1, -0.05) is 43.3 Å². The molecular weight excluding hydrogens is 398 g/mol. The summed E-state index contributed by atoms with van der Waals surface area (Å²) in [5.41, 5.74) is 4.54. The number of ether oxygens (including phenoxy) is 1. The van der Waals surface area contributed by atoms with E-state index in [1.54, 1.807) is 12.7 Å². The van der Waals surface area contributed by atoms with E-state index in [1.165, 1.54) is 36.8 Å². The maximum absolute atomic E-state index is 9.19. The van der Waals surface area contributed by atoms with Gasteiger partial charge in [-0.2, -0.15) is 8.42 Å². The Labute approximate surface area is 180 Å². The number of piperidine rings is 1. The molecule has 0 spiro atoms. The first-order chi connectivity index (χ1) is 14.3. The first-order valence-corrected chi connectivity index (χ1v) is 12.5. The van der Waals surface area contributed by atoms with Gasteiger partial charge >= 0.3 is 0 Å². The highest BCUT2D eigenvalue weighted by Crippen LogP contribution is 2.45. The summed E-state index contributed by atoms with van der Waals surface area (Å²) >= 11 is 0. The van der Waals surface area contributed by atoms with Crippen LogP contribution in [0.2, 0.25) is 0 Å². The zero-order chi connectivity index (χ0) is 21.7. The van der Waals surface area contributed by atoms with Gasteiger partial charge in [-0.15, -0.1) is 0 Å². The van der Waals surface area contributed by atoms with Gasteiger partial charge in [-0.25, -0.2) is 0 Å². The van der Waals surface area contributed by atoms with Crippen LogP contribution in [0, 0.1) is 5.92 Å². The molecule has 30 heavy (non-hydrogen) atoms. The SMILES string of the molecule is CCC1CC2c3ccc(OC)cc3CCC2C(Cc2ccccc2)N1.CS(=O)(=O)O. The summed E-state index contributed by atoms with van der Waals surface area (Å²) in [6.07, 6.45) is 6.80. The summed E-state index contributed by atoms with van der Waals surface area (Å²) in [6, 6.07) is 18.9. The lowest BCUT2D eigenvalue weighted by atomic mass is 9.66. The lowest BCUT2D eigenvalue weighted by Gasteiger charge is -2.46. The van der Waals surface area contributed by atoms with E-state index in [0.29, 0.717) is 24.3 Å². The van der Waals surface area contributed by atoms with Crippen molar-refractivity contribution in [2.45, 2.75) is 57.0 Å². The molecule has 0 aromatic heterocycles. The van der Waals surface area contributed by atoms with Gasteiger partial charge in [0, 0.05) is 12.1 Å². The predicted octanol–water partition coefficient (Wildman–Crippen LogP) is 4.23. The quantitative estimate of drug-likeness (QED) is 0.709. The molecule has 1 aliphatic heterocycles. The van der Waals surface area contributed by atoms with Crippen molar-refractivity contribution in [1.82, 2.24) is 5.32 Å². The summed E-state index contributed by atoms with van der Waals surface area (Å²) in [5, 5.41) is 3.98.